The molecule has 0 aliphatic carbocycles. The lowest BCUT2D eigenvalue weighted by Gasteiger charge is -2.09. The molecular formula is C17H14O4. The SMILES string of the molecule is Cc1ccc(Oc2c(C)oc3cc(O)ccc3c2=O)cc1. The van der Waals surface area contributed by atoms with Crippen LogP contribution in [0.4, 0.5) is 0 Å². The van der Waals surface area contributed by atoms with Crippen molar-refractivity contribution < 1.29 is 14.3 Å². The van der Waals surface area contributed by atoms with Crippen LogP contribution < -0.4 is 10.2 Å². The Morgan fingerprint density at radius 3 is 2.48 bits per heavy atom. The smallest absolute Gasteiger partial charge is 0.235 e. The Balaban J connectivity index is 2.12. The van der Waals surface area contributed by atoms with Crippen molar-refractivity contribution in [2.24, 2.45) is 0 Å². The third-order valence-corrected chi connectivity index (χ3v) is 3.24. The van der Waals surface area contributed by atoms with Crippen molar-refractivity contribution in [3.8, 4) is 17.2 Å². The van der Waals surface area contributed by atoms with Crippen molar-refractivity contribution in [1.29, 1.82) is 0 Å². The summed E-state index contributed by atoms with van der Waals surface area (Å²) in [6.07, 6.45) is 0. The minimum Gasteiger partial charge on any atom is -0.508 e. The van der Waals surface area contributed by atoms with E-state index in [0.717, 1.165) is 5.56 Å². The first kappa shape index (κ1) is 13.2. The number of hydrogen-bond acceptors (Lipinski definition) is 4. The molecule has 0 radical (unpaired) electrons. The van der Waals surface area contributed by atoms with Crippen LogP contribution in [0.3, 0.4) is 0 Å². The highest BCUT2D eigenvalue weighted by Gasteiger charge is 2.14. The summed E-state index contributed by atoms with van der Waals surface area (Å²) >= 11 is 0. The summed E-state index contributed by atoms with van der Waals surface area (Å²) in [6.45, 7) is 3.64. The molecule has 0 aliphatic heterocycles. The van der Waals surface area contributed by atoms with Crippen LogP contribution >= 0.6 is 0 Å². The summed E-state index contributed by atoms with van der Waals surface area (Å²) in [5.41, 5.74) is 1.20. The van der Waals surface area contributed by atoms with Crippen molar-refractivity contribution in [2.45, 2.75) is 13.8 Å². The number of phenolic OH excluding ortho intramolecular Hbond substituents is 1. The topological polar surface area (TPSA) is 59.7 Å². The molecule has 0 fully saturated rings. The average molecular weight is 282 g/mol. The summed E-state index contributed by atoms with van der Waals surface area (Å²) in [6, 6.07) is 11.8. The van der Waals surface area contributed by atoms with Gasteiger partial charge in [0, 0.05) is 6.07 Å². The lowest BCUT2D eigenvalue weighted by Crippen LogP contribution is -2.07. The summed E-state index contributed by atoms with van der Waals surface area (Å²) in [5, 5.41) is 9.82. The molecule has 0 spiro atoms. The fourth-order valence-corrected chi connectivity index (χ4v) is 2.12. The van der Waals surface area contributed by atoms with E-state index in [-0.39, 0.29) is 16.9 Å². The molecule has 1 aromatic heterocycles. The van der Waals surface area contributed by atoms with Crippen molar-refractivity contribution in [2.75, 3.05) is 0 Å². The van der Waals surface area contributed by atoms with Crippen LogP contribution in [0.25, 0.3) is 11.0 Å². The van der Waals surface area contributed by atoms with E-state index in [4.69, 9.17) is 9.15 Å². The Morgan fingerprint density at radius 2 is 1.76 bits per heavy atom. The summed E-state index contributed by atoms with van der Waals surface area (Å²) in [5.74, 6) is 1.17. The third kappa shape index (κ3) is 2.48. The third-order valence-electron chi connectivity index (χ3n) is 3.24. The molecule has 3 rings (SSSR count). The lowest BCUT2D eigenvalue weighted by atomic mass is 10.2. The van der Waals surface area contributed by atoms with E-state index in [1.54, 1.807) is 19.1 Å². The second-order valence-electron chi connectivity index (χ2n) is 4.91. The molecule has 0 amide bonds. The number of aryl methyl sites for hydroxylation is 2. The van der Waals surface area contributed by atoms with Crippen molar-refractivity contribution in [1.82, 2.24) is 0 Å². The number of aromatic hydroxyl groups is 1. The molecule has 1 N–H and O–H groups in total. The minimum atomic E-state index is -0.255. The molecule has 1 heterocycles. The number of phenols is 1. The van der Waals surface area contributed by atoms with Gasteiger partial charge in [0.1, 0.15) is 22.8 Å². The fourth-order valence-electron chi connectivity index (χ4n) is 2.12. The summed E-state index contributed by atoms with van der Waals surface area (Å²) in [4.78, 5) is 12.5. The predicted octanol–water partition coefficient (Wildman–Crippen LogP) is 3.91. The summed E-state index contributed by atoms with van der Waals surface area (Å²) < 4.78 is 11.2. The van der Waals surface area contributed by atoms with E-state index < -0.39 is 0 Å². The zero-order valence-electron chi connectivity index (χ0n) is 11.7. The molecule has 0 saturated heterocycles. The van der Waals surface area contributed by atoms with Gasteiger partial charge in [-0.3, -0.25) is 4.79 Å². The number of fused-ring (bicyclic) bond motifs is 1. The Kier molecular flexibility index (Phi) is 3.14. The van der Waals surface area contributed by atoms with Crippen LogP contribution in [0.2, 0.25) is 0 Å². The van der Waals surface area contributed by atoms with Gasteiger partial charge in [0.2, 0.25) is 11.2 Å². The Hall–Kier alpha value is -2.75. The largest absolute Gasteiger partial charge is 0.508 e. The number of rotatable bonds is 2. The Labute approximate surface area is 121 Å². The van der Waals surface area contributed by atoms with Crippen molar-refractivity contribution in [3.63, 3.8) is 0 Å². The molecule has 4 nitrogen and oxygen atoms in total. The van der Waals surface area contributed by atoms with Crippen LogP contribution in [-0.2, 0) is 0 Å². The molecule has 0 atom stereocenters. The van der Waals surface area contributed by atoms with Gasteiger partial charge < -0.3 is 14.3 Å². The fraction of sp³-hybridized carbons (Fsp3) is 0.118. The highest BCUT2D eigenvalue weighted by Crippen LogP contribution is 2.26. The second-order valence-corrected chi connectivity index (χ2v) is 4.91. The van der Waals surface area contributed by atoms with Crippen LogP contribution in [0.5, 0.6) is 17.2 Å². The van der Waals surface area contributed by atoms with E-state index in [1.165, 1.54) is 18.2 Å². The molecule has 0 bridgehead atoms. The first-order valence-electron chi connectivity index (χ1n) is 6.55. The summed E-state index contributed by atoms with van der Waals surface area (Å²) in [7, 11) is 0. The van der Waals surface area contributed by atoms with E-state index in [1.807, 2.05) is 19.1 Å². The number of ether oxygens (including phenoxy) is 1. The van der Waals surface area contributed by atoms with Gasteiger partial charge in [0.05, 0.1) is 5.39 Å². The molecule has 0 saturated carbocycles. The first-order chi connectivity index (χ1) is 10.0. The maximum Gasteiger partial charge on any atom is 0.235 e. The molecule has 3 aromatic rings. The molecule has 0 unspecified atom stereocenters. The van der Waals surface area contributed by atoms with Gasteiger partial charge in [-0.2, -0.15) is 0 Å². The predicted molar refractivity (Wildman–Crippen MR) is 80.1 cm³/mol. The highest BCUT2D eigenvalue weighted by atomic mass is 16.5. The van der Waals surface area contributed by atoms with Gasteiger partial charge in [-0.1, -0.05) is 17.7 Å². The standard InChI is InChI=1S/C17H14O4/c1-10-3-6-13(7-4-10)21-17-11(2)20-15-9-12(18)5-8-14(15)16(17)19/h3-9,18H,1-2H3. The van der Waals surface area contributed by atoms with Crippen molar-refractivity contribution in [3.05, 3.63) is 64.0 Å². The van der Waals surface area contributed by atoms with Gasteiger partial charge in [-0.25, -0.2) is 0 Å². The molecule has 21 heavy (non-hydrogen) atoms. The number of hydrogen-bond donors (Lipinski definition) is 1. The second kappa shape index (κ2) is 4.98. The molecule has 4 heteroatoms. The monoisotopic (exact) mass is 282 g/mol. The first-order valence-corrected chi connectivity index (χ1v) is 6.55. The Bertz CT molecular complexity index is 860. The van der Waals surface area contributed by atoms with Gasteiger partial charge in [0.15, 0.2) is 0 Å². The van der Waals surface area contributed by atoms with Gasteiger partial charge in [-0.05, 0) is 38.1 Å². The average Bonchev–Trinajstić information content (AvgIpc) is 2.45. The highest BCUT2D eigenvalue weighted by molar-refractivity contribution is 5.79. The normalized spacial score (nSPS) is 10.8. The Morgan fingerprint density at radius 1 is 1.05 bits per heavy atom. The maximum absolute atomic E-state index is 12.5. The van der Waals surface area contributed by atoms with Crippen molar-refractivity contribution >= 4 is 11.0 Å². The molecular weight excluding hydrogens is 268 g/mol. The lowest BCUT2D eigenvalue weighted by molar-refractivity contribution is 0.435. The molecule has 106 valence electrons. The van der Waals surface area contributed by atoms with Crippen LogP contribution in [0, 0.1) is 13.8 Å². The van der Waals surface area contributed by atoms with Crippen LogP contribution in [0.15, 0.2) is 51.7 Å². The molecule has 0 aliphatic rings. The van der Waals surface area contributed by atoms with Gasteiger partial charge >= 0.3 is 0 Å². The van der Waals surface area contributed by atoms with Crippen LogP contribution in [0.1, 0.15) is 11.3 Å². The van der Waals surface area contributed by atoms with Gasteiger partial charge in [-0.15, -0.1) is 0 Å². The zero-order chi connectivity index (χ0) is 15.0. The van der Waals surface area contributed by atoms with E-state index in [0.29, 0.717) is 22.5 Å². The van der Waals surface area contributed by atoms with Gasteiger partial charge in [0.25, 0.3) is 0 Å². The van der Waals surface area contributed by atoms with E-state index in [9.17, 15) is 9.90 Å². The quantitative estimate of drug-likeness (QED) is 0.774. The van der Waals surface area contributed by atoms with Crippen LogP contribution in [-0.4, -0.2) is 5.11 Å². The van der Waals surface area contributed by atoms with E-state index >= 15 is 0 Å². The maximum atomic E-state index is 12.5. The minimum absolute atomic E-state index is 0.0530. The number of benzene rings is 2. The zero-order valence-corrected chi connectivity index (χ0v) is 11.7. The molecule has 2 aromatic carbocycles. The van der Waals surface area contributed by atoms with E-state index in [2.05, 4.69) is 0 Å².